The van der Waals surface area contributed by atoms with Crippen LogP contribution in [-0.4, -0.2) is 51.7 Å². The number of anilines is 2. The first-order chi connectivity index (χ1) is 11.7. The van der Waals surface area contributed by atoms with Crippen LogP contribution in [0.5, 0.6) is 0 Å². The fraction of sp³-hybridized carbons (Fsp3) is 0.400. The van der Waals surface area contributed by atoms with Crippen molar-refractivity contribution in [1.29, 1.82) is 0 Å². The number of hydrogen-bond acceptors (Lipinski definition) is 4. The molecule has 1 atom stereocenters. The molecule has 0 spiro atoms. The van der Waals surface area contributed by atoms with E-state index < -0.39 is 0 Å². The lowest BCUT2D eigenvalue weighted by Gasteiger charge is -2.40. The minimum Gasteiger partial charge on any atom is -0.378 e. The van der Waals surface area contributed by atoms with Crippen molar-refractivity contribution in [2.75, 3.05) is 56.6 Å². The number of hydrogen-bond donors (Lipinski definition) is 1. The topological polar surface area (TPSA) is 35.7 Å². The number of nitrogens with zero attached hydrogens (tertiary/aromatic N) is 3. The molecule has 2 aromatic rings. The van der Waals surface area contributed by atoms with Crippen LogP contribution in [0.25, 0.3) is 0 Å². The zero-order chi connectivity index (χ0) is 16.9. The first-order valence-electron chi connectivity index (χ1n) is 8.70. The van der Waals surface area contributed by atoms with Gasteiger partial charge < -0.3 is 15.5 Å². The third-order valence-corrected chi connectivity index (χ3v) is 4.89. The molecule has 0 radical (unpaired) electrons. The van der Waals surface area contributed by atoms with Gasteiger partial charge in [0.05, 0.1) is 0 Å². The van der Waals surface area contributed by atoms with Crippen LogP contribution in [0, 0.1) is 0 Å². The van der Waals surface area contributed by atoms with Gasteiger partial charge in [-0.25, -0.2) is 0 Å². The molecule has 1 heterocycles. The van der Waals surface area contributed by atoms with Crippen LogP contribution in [0.3, 0.4) is 0 Å². The quantitative estimate of drug-likeness (QED) is 0.917. The Morgan fingerprint density at radius 2 is 1.54 bits per heavy atom. The summed E-state index contributed by atoms with van der Waals surface area (Å²) >= 11 is 0. The SMILES string of the molecule is CN(C)c1ccc(C(CN)N2CCN(c3ccccc3)CC2)cc1. The van der Waals surface area contributed by atoms with Crippen LogP contribution in [0.4, 0.5) is 11.4 Å². The van der Waals surface area contributed by atoms with Gasteiger partial charge in [-0.15, -0.1) is 0 Å². The van der Waals surface area contributed by atoms with Gasteiger partial charge in [0.1, 0.15) is 0 Å². The largest absolute Gasteiger partial charge is 0.378 e. The second kappa shape index (κ2) is 7.69. The van der Waals surface area contributed by atoms with Crippen LogP contribution in [0.2, 0.25) is 0 Å². The Morgan fingerprint density at radius 3 is 2.08 bits per heavy atom. The fourth-order valence-electron chi connectivity index (χ4n) is 3.42. The smallest absolute Gasteiger partial charge is 0.0471 e. The van der Waals surface area contributed by atoms with E-state index in [1.165, 1.54) is 16.9 Å². The summed E-state index contributed by atoms with van der Waals surface area (Å²) in [5.41, 5.74) is 9.97. The van der Waals surface area contributed by atoms with Crippen molar-refractivity contribution in [3.05, 3.63) is 60.2 Å². The molecule has 0 aliphatic carbocycles. The first-order valence-corrected chi connectivity index (χ1v) is 8.70. The molecular weight excluding hydrogens is 296 g/mol. The van der Waals surface area contributed by atoms with Crippen LogP contribution < -0.4 is 15.5 Å². The standard InChI is InChI=1S/C20H28N4/c1-22(2)18-10-8-17(9-11-18)20(16-21)24-14-12-23(13-15-24)19-6-4-3-5-7-19/h3-11,20H,12-16,21H2,1-2H3. The second-order valence-electron chi connectivity index (χ2n) is 6.60. The summed E-state index contributed by atoms with van der Waals surface area (Å²) in [6.07, 6.45) is 0. The van der Waals surface area contributed by atoms with E-state index in [1.54, 1.807) is 0 Å². The van der Waals surface area contributed by atoms with Crippen molar-refractivity contribution in [3.8, 4) is 0 Å². The van der Waals surface area contributed by atoms with Gasteiger partial charge in [-0.2, -0.15) is 0 Å². The summed E-state index contributed by atoms with van der Waals surface area (Å²) in [4.78, 5) is 7.10. The zero-order valence-electron chi connectivity index (χ0n) is 14.7. The monoisotopic (exact) mass is 324 g/mol. The van der Waals surface area contributed by atoms with Crippen LogP contribution in [0.1, 0.15) is 11.6 Å². The molecule has 2 N–H and O–H groups in total. The number of benzene rings is 2. The minimum absolute atomic E-state index is 0.305. The Labute approximate surface area is 145 Å². The van der Waals surface area contributed by atoms with Crippen molar-refractivity contribution in [3.63, 3.8) is 0 Å². The molecule has 128 valence electrons. The van der Waals surface area contributed by atoms with Crippen molar-refractivity contribution >= 4 is 11.4 Å². The van der Waals surface area contributed by atoms with E-state index in [-0.39, 0.29) is 0 Å². The zero-order valence-corrected chi connectivity index (χ0v) is 14.7. The average molecular weight is 324 g/mol. The van der Waals surface area contributed by atoms with Gasteiger partial charge >= 0.3 is 0 Å². The highest BCUT2D eigenvalue weighted by Gasteiger charge is 2.24. The predicted molar refractivity (Wildman–Crippen MR) is 103 cm³/mol. The normalized spacial score (nSPS) is 16.9. The molecule has 1 fully saturated rings. The highest BCUT2D eigenvalue weighted by atomic mass is 15.3. The minimum atomic E-state index is 0.305. The van der Waals surface area contributed by atoms with Crippen LogP contribution in [0.15, 0.2) is 54.6 Å². The van der Waals surface area contributed by atoms with Gasteiger partial charge in [-0.3, -0.25) is 4.90 Å². The molecule has 1 unspecified atom stereocenters. The van der Waals surface area contributed by atoms with Gasteiger partial charge in [0.2, 0.25) is 0 Å². The molecule has 24 heavy (non-hydrogen) atoms. The van der Waals surface area contributed by atoms with Gasteiger partial charge in [-0.05, 0) is 29.8 Å². The molecule has 0 amide bonds. The molecule has 0 aromatic heterocycles. The molecule has 0 bridgehead atoms. The van der Waals surface area contributed by atoms with E-state index in [9.17, 15) is 0 Å². The number of nitrogens with two attached hydrogens (primary N) is 1. The van der Waals surface area contributed by atoms with E-state index in [1.807, 2.05) is 0 Å². The van der Waals surface area contributed by atoms with Gasteiger partial charge in [0.25, 0.3) is 0 Å². The fourth-order valence-corrected chi connectivity index (χ4v) is 3.42. The van der Waals surface area contributed by atoms with E-state index in [0.29, 0.717) is 12.6 Å². The molecule has 1 saturated heterocycles. The van der Waals surface area contributed by atoms with Crippen LogP contribution >= 0.6 is 0 Å². The van der Waals surface area contributed by atoms with Gasteiger partial charge in [-0.1, -0.05) is 30.3 Å². The van der Waals surface area contributed by atoms with E-state index in [2.05, 4.69) is 83.4 Å². The summed E-state index contributed by atoms with van der Waals surface area (Å²) in [5, 5.41) is 0. The lowest BCUT2D eigenvalue weighted by molar-refractivity contribution is 0.190. The Kier molecular flexibility index (Phi) is 5.38. The maximum absolute atomic E-state index is 6.11. The maximum atomic E-state index is 6.11. The molecule has 1 aliphatic heterocycles. The Morgan fingerprint density at radius 1 is 0.917 bits per heavy atom. The highest BCUT2D eigenvalue weighted by molar-refractivity contribution is 5.47. The van der Waals surface area contributed by atoms with E-state index in [4.69, 9.17) is 5.73 Å². The Balaban J connectivity index is 1.65. The lowest BCUT2D eigenvalue weighted by Crippen LogP contribution is -2.49. The average Bonchev–Trinajstić information content (AvgIpc) is 2.64. The first kappa shape index (κ1) is 16.8. The van der Waals surface area contributed by atoms with Crippen molar-refractivity contribution < 1.29 is 0 Å². The van der Waals surface area contributed by atoms with Crippen molar-refractivity contribution in [2.24, 2.45) is 5.73 Å². The summed E-state index contributed by atoms with van der Waals surface area (Å²) < 4.78 is 0. The third-order valence-electron chi connectivity index (χ3n) is 4.89. The summed E-state index contributed by atoms with van der Waals surface area (Å²) in [7, 11) is 4.14. The van der Waals surface area contributed by atoms with Crippen LogP contribution in [-0.2, 0) is 0 Å². The Hall–Kier alpha value is -2.04. The Bertz CT molecular complexity index is 616. The molecule has 3 rings (SSSR count). The molecular formula is C20H28N4. The molecule has 2 aromatic carbocycles. The van der Waals surface area contributed by atoms with Gasteiger partial charge in [0.15, 0.2) is 0 Å². The molecule has 4 heteroatoms. The molecule has 4 nitrogen and oxygen atoms in total. The highest BCUT2D eigenvalue weighted by Crippen LogP contribution is 2.25. The second-order valence-corrected chi connectivity index (χ2v) is 6.60. The van der Waals surface area contributed by atoms with E-state index in [0.717, 1.165) is 26.2 Å². The summed E-state index contributed by atoms with van der Waals surface area (Å²) in [6, 6.07) is 19.8. The summed E-state index contributed by atoms with van der Waals surface area (Å²) in [6.45, 7) is 4.86. The maximum Gasteiger partial charge on any atom is 0.0471 e. The lowest BCUT2D eigenvalue weighted by atomic mass is 10.0. The molecule has 0 saturated carbocycles. The number of piperazine rings is 1. The van der Waals surface area contributed by atoms with Gasteiger partial charge in [0, 0.05) is 64.2 Å². The number of rotatable bonds is 5. The predicted octanol–water partition coefficient (Wildman–Crippen LogP) is 2.57. The number of para-hydroxylation sites is 1. The summed E-state index contributed by atoms with van der Waals surface area (Å²) in [5.74, 6) is 0. The molecule has 1 aliphatic rings. The van der Waals surface area contributed by atoms with E-state index >= 15 is 0 Å². The van der Waals surface area contributed by atoms with Crippen molar-refractivity contribution in [2.45, 2.75) is 6.04 Å². The van der Waals surface area contributed by atoms with Crippen molar-refractivity contribution in [1.82, 2.24) is 4.90 Å². The third kappa shape index (κ3) is 3.71.